The number of fused-ring (bicyclic) bond motifs is 2. The molecule has 4 rings (SSSR count). The Balaban J connectivity index is 1.67. The first-order valence-electron chi connectivity index (χ1n) is 7.17. The molecule has 0 aliphatic heterocycles. The number of hydrogen-bond donors (Lipinski definition) is 1. The summed E-state index contributed by atoms with van der Waals surface area (Å²) in [5.74, 6) is 1.63. The van der Waals surface area contributed by atoms with Crippen LogP contribution in [0.4, 0.5) is 0 Å². The molecule has 0 bridgehead atoms. The van der Waals surface area contributed by atoms with E-state index in [1.807, 2.05) is 30.3 Å². The average Bonchev–Trinajstić information content (AvgIpc) is 2.94. The van der Waals surface area contributed by atoms with E-state index in [1.54, 1.807) is 12.1 Å². The molecule has 0 saturated carbocycles. The Morgan fingerprint density at radius 1 is 0.905 bits per heavy atom. The molecule has 0 amide bonds. The zero-order valence-corrected chi connectivity index (χ0v) is 11.5. The van der Waals surface area contributed by atoms with Gasteiger partial charge in [-0.25, -0.2) is 4.98 Å². The van der Waals surface area contributed by atoms with Gasteiger partial charge in [-0.3, -0.25) is 0 Å². The highest BCUT2D eigenvalue weighted by molar-refractivity contribution is 5.85. The molecule has 0 fully saturated rings. The van der Waals surface area contributed by atoms with Crippen molar-refractivity contribution in [2.45, 2.75) is 19.3 Å². The Morgan fingerprint density at radius 2 is 1.81 bits per heavy atom. The maximum Gasteiger partial charge on any atom is 0.219 e. The number of phenolic OH excluding ortho intramolecular Hbond substituents is 1. The number of nitrogens with zero attached hydrogens (tertiary/aromatic N) is 1. The third kappa shape index (κ3) is 2.31. The zero-order chi connectivity index (χ0) is 14.2. The lowest BCUT2D eigenvalue weighted by Gasteiger charge is -2.08. The van der Waals surface area contributed by atoms with Crippen molar-refractivity contribution < 1.29 is 9.84 Å². The number of benzene rings is 2. The molecule has 0 atom stereocenters. The Hall–Kier alpha value is -2.55. The SMILES string of the molecule is Oc1ccc2ccc(Oc3ccc4c(n3)CCC4)cc2c1. The van der Waals surface area contributed by atoms with Crippen LogP contribution in [0.25, 0.3) is 10.8 Å². The van der Waals surface area contributed by atoms with Crippen molar-refractivity contribution in [3.05, 3.63) is 59.8 Å². The van der Waals surface area contributed by atoms with E-state index in [4.69, 9.17) is 4.74 Å². The smallest absolute Gasteiger partial charge is 0.219 e. The molecule has 0 saturated heterocycles. The van der Waals surface area contributed by atoms with Gasteiger partial charge in [0.2, 0.25) is 5.88 Å². The van der Waals surface area contributed by atoms with Gasteiger partial charge in [0, 0.05) is 11.8 Å². The van der Waals surface area contributed by atoms with E-state index in [-0.39, 0.29) is 5.75 Å². The second-order valence-corrected chi connectivity index (χ2v) is 5.40. The molecule has 3 aromatic rings. The fourth-order valence-corrected chi connectivity index (χ4v) is 2.85. The predicted molar refractivity (Wildman–Crippen MR) is 81.9 cm³/mol. The van der Waals surface area contributed by atoms with E-state index in [0.29, 0.717) is 5.88 Å². The Labute approximate surface area is 122 Å². The molecule has 104 valence electrons. The number of pyridine rings is 1. The summed E-state index contributed by atoms with van der Waals surface area (Å²) in [7, 11) is 0. The topological polar surface area (TPSA) is 42.4 Å². The molecule has 21 heavy (non-hydrogen) atoms. The van der Waals surface area contributed by atoms with Gasteiger partial charge in [-0.05, 0) is 59.9 Å². The van der Waals surface area contributed by atoms with Gasteiger partial charge in [-0.2, -0.15) is 0 Å². The summed E-state index contributed by atoms with van der Waals surface area (Å²) in [4.78, 5) is 4.57. The molecule has 1 aliphatic rings. The Kier molecular flexibility index (Phi) is 2.78. The van der Waals surface area contributed by atoms with Crippen LogP contribution >= 0.6 is 0 Å². The van der Waals surface area contributed by atoms with Gasteiger partial charge in [0.25, 0.3) is 0 Å². The minimum absolute atomic E-state index is 0.260. The predicted octanol–water partition coefficient (Wildman–Crippen LogP) is 4.22. The first-order chi connectivity index (χ1) is 10.3. The quantitative estimate of drug-likeness (QED) is 0.762. The molecule has 2 aromatic carbocycles. The lowest BCUT2D eigenvalue weighted by molar-refractivity contribution is 0.461. The number of hydrogen-bond acceptors (Lipinski definition) is 3. The molecule has 1 N–H and O–H groups in total. The van der Waals surface area contributed by atoms with Crippen molar-refractivity contribution in [2.24, 2.45) is 0 Å². The summed E-state index contributed by atoms with van der Waals surface area (Å²) in [5.41, 5.74) is 2.50. The van der Waals surface area contributed by atoms with Crippen LogP contribution in [0.1, 0.15) is 17.7 Å². The zero-order valence-electron chi connectivity index (χ0n) is 11.5. The molecule has 1 aromatic heterocycles. The highest BCUT2D eigenvalue weighted by atomic mass is 16.5. The van der Waals surface area contributed by atoms with Crippen molar-refractivity contribution in [3.8, 4) is 17.4 Å². The van der Waals surface area contributed by atoms with Crippen LogP contribution in [0, 0.1) is 0 Å². The van der Waals surface area contributed by atoms with Crippen LogP contribution in [-0.2, 0) is 12.8 Å². The first kappa shape index (κ1) is 12.2. The minimum atomic E-state index is 0.260. The van der Waals surface area contributed by atoms with Gasteiger partial charge in [-0.15, -0.1) is 0 Å². The van der Waals surface area contributed by atoms with E-state index < -0.39 is 0 Å². The third-order valence-corrected chi connectivity index (χ3v) is 3.92. The standard InChI is InChI=1S/C18H15NO2/c20-15-7-4-12-5-8-16(11-14(12)10-15)21-18-9-6-13-2-1-3-17(13)19-18/h4-11,20H,1-3H2. The van der Waals surface area contributed by atoms with Crippen LogP contribution < -0.4 is 4.74 Å². The lowest BCUT2D eigenvalue weighted by Crippen LogP contribution is -1.93. The van der Waals surface area contributed by atoms with E-state index in [2.05, 4.69) is 11.1 Å². The molecule has 0 unspecified atom stereocenters. The van der Waals surface area contributed by atoms with E-state index in [9.17, 15) is 5.11 Å². The van der Waals surface area contributed by atoms with Crippen molar-refractivity contribution in [1.29, 1.82) is 0 Å². The third-order valence-electron chi connectivity index (χ3n) is 3.92. The second kappa shape index (κ2) is 4.77. The number of phenols is 1. The summed E-state index contributed by atoms with van der Waals surface area (Å²) in [6, 6.07) is 15.2. The van der Waals surface area contributed by atoms with E-state index >= 15 is 0 Å². The van der Waals surface area contributed by atoms with Crippen LogP contribution in [0.5, 0.6) is 17.4 Å². The average molecular weight is 277 g/mol. The molecule has 3 heteroatoms. The van der Waals surface area contributed by atoms with Gasteiger partial charge in [0.1, 0.15) is 11.5 Å². The number of aromatic nitrogens is 1. The maximum absolute atomic E-state index is 9.56. The van der Waals surface area contributed by atoms with Gasteiger partial charge < -0.3 is 9.84 Å². The molecule has 0 spiro atoms. The van der Waals surface area contributed by atoms with Gasteiger partial charge >= 0.3 is 0 Å². The molecule has 3 nitrogen and oxygen atoms in total. The minimum Gasteiger partial charge on any atom is -0.508 e. The van der Waals surface area contributed by atoms with Crippen molar-refractivity contribution in [1.82, 2.24) is 4.98 Å². The van der Waals surface area contributed by atoms with E-state index in [1.165, 1.54) is 12.0 Å². The number of ether oxygens (including phenoxy) is 1. The molecular formula is C18H15NO2. The summed E-state index contributed by atoms with van der Waals surface area (Å²) in [5, 5.41) is 11.6. The normalized spacial score (nSPS) is 13.3. The molecule has 1 heterocycles. The second-order valence-electron chi connectivity index (χ2n) is 5.40. The summed E-state index contributed by atoms with van der Waals surface area (Å²) in [6.45, 7) is 0. The van der Waals surface area contributed by atoms with Crippen LogP contribution in [0.2, 0.25) is 0 Å². The number of rotatable bonds is 2. The highest BCUT2D eigenvalue weighted by Gasteiger charge is 2.13. The van der Waals surface area contributed by atoms with Crippen molar-refractivity contribution in [3.63, 3.8) is 0 Å². The molecular weight excluding hydrogens is 262 g/mol. The van der Waals surface area contributed by atoms with Gasteiger partial charge in [0.05, 0.1) is 0 Å². The van der Waals surface area contributed by atoms with Crippen LogP contribution in [0.3, 0.4) is 0 Å². The lowest BCUT2D eigenvalue weighted by atomic mass is 10.1. The van der Waals surface area contributed by atoms with Gasteiger partial charge in [-0.1, -0.05) is 18.2 Å². The fourth-order valence-electron chi connectivity index (χ4n) is 2.85. The first-order valence-corrected chi connectivity index (χ1v) is 7.17. The van der Waals surface area contributed by atoms with Crippen molar-refractivity contribution in [2.75, 3.05) is 0 Å². The fraction of sp³-hybridized carbons (Fsp3) is 0.167. The molecule has 1 aliphatic carbocycles. The maximum atomic E-state index is 9.56. The monoisotopic (exact) mass is 277 g/mol. The Bertz CT molecular complexity index is 827. The van der Waals surface area contributed by atoms with Crippen molar-refractivity contribution >= 4 is 10.8 Å². The molecule has 0 radical (unpaired) electrons. The van der Waals surface area contributed by atoms with Crippen LogP contribution in [0.15, 0.2) is 48.5 Å². The number of aromatic hydroxyl groups is 1. The summed E-state index contributed by atoms with van der Waals surface area (Å²) >= 11 is 0. The number of aryl methyl sites for hydroxylation is 2. The van der Waals surface area contributed by atoms with E-state index in [0.717, 1.165) is 35.1 Å². The highest BCUT2D eigenvalue weighted by Crippen LogP contribution is 2.29. The largest absolute Gasteiger partial charge is 0.508 e. The summed E-state index contributed by atoms with van der Waals surface area (Å²) in [6.07, 6.45) is 3.34. The Morgan fingerprint density at radius 3 is 2.76 bits per heavy atom. The van der Waals surface area contributed by atoms with Crippen LogP contribution in [-0.4, -0.2) is 10.1 Å². The summed E-state index contributed by atoms with van der Waals surface area (Å²) < 4.78 is 5.86. The van der Waals surface area contributed by atoms with Gasteiger partial charge in [0.15, 0.2) is 0 Å².